The maximum absolute atomic E-state index is 10.3. The molecule has 0 bridgehead atoms. The van der Waals surface area contributed by atoms with E-state index < -0.39 is 20.5 Å². The van der Waals surface area contributed by atoms with Gasteiger partial charge >= 0.3 is 0 Å². The van der Waals surface area contributed by atoms with Crippen molar-refractivity contribution in [2.45, 2.75) is 180 Å². The van der Waals surface area contributed by atoms with Crippen LogP contribution in [0.1, 0.15) is 151 Å². The molecule has 0 unspecified atom stereocenters. The fourth-order valence-corrected chi connectivity index (χ4v) is 11.4. The van der Waals surface area contributed by atoms with Crippen molar-refractivity contribution in [2.24, 2.45) is 0 Å². The molecule has 0 saturated carbocycles. The van der Waals surface area contributed by atoms with Gasteiger partial charge in [-0.3, -0.25) is 5.26 Å². The van der Waals surface area contributed by atoms with Crippen LogP contribution in [0.2, 0.25) is 16.6 Å². The van der Waals surface area contributed by atoms with Crippen LogP contribution in [0, 0.1) is 0 Å². The topological polar surface area (TPSA) is 58.9 Å². The van der Waals surface area contributed by atoms with Crippen LogP contribution in [-0.2, 0) is 9.31 Å². The van der Waals surface area contributed by atoms with E-state index in [0.717, 1.165) is 12.8 Å². The molecule has 216 valence electrons. The highest BCUT2D eigenvalue weighted by Gasteiger charge is 2.44. The van der Waals surface area contributed by atoms with Crippen molar-refractivity contribution < 1.29 is 19.7 Å². The molecule has 2 atom stereocenters. The number of aliphatic hydroxyl groups is 1. The first kappa shape index (κ1) is 35.8. The number of hydrogen-bond donors (Lipinski definition) is 2. The molecule has 0 aliphatic rings. The van der Waals surface area contributed by atoms with Gasteiger partial charge in [0.2, 0.25) is 0 Å². The lowest BCUT2D eigenvalue weighted by Crippen LogP contribution is -2.48. The van der Waals surface area contributed by atoms with Gasteiger partial charge in [0.15, 0.2) is 8.32 Å². The molecular weight excluding hydrogens is 464 g/mol. The molecule has 0 spiro atoms. The Morgan fingerprint density at radius 3 is 1.42 bits per heavy atom. The Labute approximate surface area is 226 Å². The third kappa shape index (κ3) is 15.9. The molecule has 0 fully saturated rings. The highest BCUT2D eigenvalue weighted by Crippen LogP contribution is 2.42. The monoisotopic (exact) mass is 528 g/mol. The standard InChI is InChI=1S/C31H64O4Si/c1-8-9-10-11-12-13-14-15-16-17-18-19-20-21-22-30(32)23-24-31(35-33)25-26-34-36(27(2)3,28(4)5)29(6)7/h23-24,27-33H,8-22,25-26H2,1-7H3/b24-23+/t30-,31+/m0/s1. The fourth-order valence-electron chi connectivity index (χ4n) is 5.93. The fraction of sp³-hybridized carbons (Fsp3) is 0.935. The van der Waals surface area contributed by atoms with Gasteiger partial charge in [-0.1, -0.05) is 151 Å². The lowest BCUT2D eigenvalue weighted by atomic mass is 10.0. The van der Waals surface area contributed by atoms with E-state index in [1.807, 2.05) is 0 Å². The summed E-state index contributed by atoms with van der Waals surface area (Å²) in [6.45, 7) is 16.5. The van der Waals surface area contributed by atoms with Gasteiger partial charge in [0.25, 0.3) is 0 Å². The predicted molar refractivity (Wildman–Crippen MR) is 159 cm³/mol. The predicted octanol–water partition coefficient (Wildman–Crippen LogP) is 10.2. The van der Waals surface area contributed by atoms with E-state index in [1.54, 1.807) is 12.2 Å². The molecule has 0 aromatic rings. The van der Waals surface area contributed by atoms with Crippen LogP contribution in [0.5, 0.6) is 0 Å². The summed E-state index contributed by atoms with van der Waals surface area (Å²) in [5.41, 5.74) is 1.61. The average molecular weight is 529 g/mol. The zero-order chi connectivity index (χ0) is 27.2. The summed E-state index contributed by atoms with van der Waals surface area (Å²) in [5.74, 6) is 0. The zero-order valence-corrected chi connectivity index (χ0v) is 26.3. The number of unbranched alkanes of at least 4 members (excludes halogenated alkanes) is 13. The molecule has 0 heterocycles. The minimum Gasteiger partial charge on any atom is -0.416 e. The Bertz CT molecular complexity index is 485. The smallest absolute Gasteiger partial charge is 0.200 e. The molecule has 0 aliphatic heterocycles. The van der Waals surface area contributed by atoms with Gasteiger partial charge in [-0.15, -0.1) is 0 Å². The molecule has 5 heteroatoms. The molecule has 0 radical (unpaired) electrons. The van der Waals surface area contributed by atoms with Gasteiger partial charge in [-0.05, 0) is 23.0 Å². The summed E-state index contributed by atoms with van der Waals surface area (Å²) in [5, 5.41) is 19.6. The molecule has 0 aromatic carbocycles. The summed E-state index contributed by atoms with van der Waals surface area (Å²) < 4.78 is 6.56. The summed E-state index contributed by atoms with van der Waals surface area (Å²) in [6.07, 6.45) is 22.8. The quantitative estimate of drug-likeness (QED) is 0.0407. The molecule has 2 N–H and O–H groups in total. The maximum atomic E-state index is 10.3. The molecule has 0 aromatic heterocycles. The minimum absolute atomic E-state index is 0.436. The highest BCUT2D eigenvalue weighted by atomic mass is 28.4. The average Bonchev–Trinajstić information content (AvgIpc) is 2.83. The zero-order valence-electron chi connectivity index (χ0n) is 25.3. The van der Waals surface area contributed by atoms with E-state index in [0.29, 0.717) is 29.7 Å². The molecule has 0 saturated heterocycles. The van der Waals surface area contributed by atoms with Gasteiger partial charge in [0, 0.05) is 13.0 Å². The Morgan fingerprint density at radius 1 is 0.611 bits per heavy atom. The second-order valence-corrected chi connectivity index (χ2v) is 17.4. The number of rotatable bonds is 25. The Kier molecular flexibility index (Phi) is 22.6. The van der Waals surface area contributed by atoms with E-state index in [1.165, 1.54) is 83.5 Å². The Balaban J connectivity index is 3.95. The number of hydrogen-bond acceptors (Lipinski definition) is 4. The van der Waals surface area contributed by atoms with Crippen molar-refractivity contribution in [3.05, 3.63) is 12.2 Å². The first-order chi connectivity index (χ1) is 17.2. The van der Waals surface area contributed by atoms with Crippen LogP contribution in [0.4, 0.5) is 0 Å². The normalized spacial score (nSPS) is 14.6. The molecule has 0 aliphatic carbocycles. The van der Waals surface area contributed by atoms with Crippen molar-refractivity contribution >= 4 is 8.32 Å². The second kappa shape index (κ2) is 22.8. The van der Waals surface area contributed by atoms with Crippen LogP contribution in [-0.4, -0.2) is 37.5 Å². The van der Waals surface area contributed by atoms with Crippen molar-refractivity contribution in [1.29, 1.82) is 0 Å². The van der Waals surface area contributed by atoms with Gasteiger partial charge in [-0.2, -0.15) is 0 Å². The van der Waals surface area contributed by atoms with Crippen LogP contribution in [0.15, 0.2) is 12.2 Å². The van der Waals surface area contributed by atoms with Gasteiger partial charge < -0.3 is 9.53 Å². The van der Waals surface area contributed by atoms with E-state index in [2.05, 4.69) is 53.4 Å². The van der Waals surface area contributed by atoms with Gasteiger partial charge in [0.05, 0.1) is 6.10 Å². The van der Waals surface area contributed by atoms with Gasteiger partial charge in [-0.25, -0.2) is 4.89 Å². The van der Waals surface area contributed by atoms with Crippen molar-refractivity contribution in [2.75, 3.05) is 6.61 Å². The van der Waals surface area contributed by atoms with Crippen LogP contribution in [0.25, 0.3) is 0 Å². The molecular formula is C31H64O4Si. The lowest BCUT2D eigenvalue weighted by Gasteiger charge is -2.42. The van der Waals surface area contributed by atoms with Crippen molar-refractivity contribution in [1.82, 2.24) is 0 Å². The first-order valence-corrected chi connectivity index (χ1v) is 17.7. The van der Waals surface area contributed by atoms with Gasteiger partial charge in [0.1, 0.15) is 6.10 Å². The van der Waals surface area contributed by atoms with E-state index in [-0.39, 0.29) is 0 Å². The molecule has 0 rings (SSSR count). The molecule has 4 nitrogen and oxygen atoms in total. The molecule has 36 heavy (non-hydrogen) atoms. The van der Waals surface area contributed by atoms with E-state index in [4.69, 9.17) is 4.43 Å². The number of aliphatic hydroxyl groups excluding tert-OH is 1. The largest absolute Gasteiger partial charge is 0.416 e. The third-order valence-corrected chi connectivity index (χ3v) is 14.1. The highest BCUT2D eigenvalue weighted by molar-refractivity contribution is 6.77. The van der Waals surface area contributed by atoms with Crippen molar-refractivity contribution in [3.8, 4) is 0 Å². The van der Waals surface area contributed by atoms with E-state index in [9.17, 15) is 10.4 Å². The minimum atomic E-state index is -1.91. The lowest BCUT2D eigenvalue weighted by molar-refractivity contribution is -0.267. The molecule has 0 amide bonds. The summed E-state index contributed by atoms with van der Waals surface area (Å²) in [4.78, 5) is 4.66. The Hall–Kier alpha value is -0.203. The van der Waals surface area contributed by atoms with Crippen LogP contribution >= 0.6 is 0 Å². The van der Waals surface area contributed by atoms with E-state index >= 15 is 0 Å². The second-order valence-electron chi connectivity index (χ2n) is 11.9. The van der Waals surface area contributed by atoms with Crippen LogP contribution in [0.3, 0.4) is 0 Å². The van der Waals surface area contributed by atoms with Crippen LogP contribution < -0.4 is 0 Å². The summed E-state index contributed by atoms with van der Waals surface area (Å²) >= 11 is 0. The van der Waals surface area contributed by atoms with Crippen molar-refractivity contribution in [3.63, 3.8) is 0 Å². The SMILES string of the molecule is CCCCCCCCCCCCCCCC[C@H](O)/C=C/[C@H](CCO[Si](C(C)C)(C(C)C)C(C)C)OO. The summed E-state index contributed by atoms with van der Waals surface area (Å²) in [6, 6.07) is 0. The summed E-state index contributed by atoms with van der Waals surface area (Å²) in [7, 11) is -1.91. The third-order valence-electron chi connectivity index (χ3n) is 8.00. The first-order valence-electron chi connectivity index (χ1n) is 15.5. The maximum Gasteiger partial charge on any atom is 0.200 e. The Morgan fingerprint density at radius 2 is 1.03 bits per heavy atom.